The Morgan fingerprint density at radius 3 is 1.09 bits per heavy atom. The van der Waals surface area contributed by atoms with E-state index in [4.69, 9.17) is 14.2 Å². The predicted octanol–water partition coefficient (Wildman–Crippen LogP) is 18.1. The van der Waals surface area contributed by atoms with Gasteiger partial charge in [0, 0.05) is 19.3 Å². The average Bonchev–Trinajstić information content (AvgIpc) is 3.31. The maximum Gasteiger partial charge on any atom is 0.306 e. The van der Waals surface area contributed by atoms with Gasteiger partial charge in [0.05, 0.1) is 0 Å². The highest BCUT2D eigenvalue weighted by molar-refractivity contribution is 5.71. The van der Waals surface area contributed by atoms with E-state index >= 15 is 0 Å². The van der Waals surface area contributed by atoms with Gasteiger partial charge in [-0.15, -0.1) is 0 Å². The molecule has 0 aliphatic carbocycles. The Kier molecular flexibility index (Phi) is 50.9. The number of hydrogen-bond acceptors (Lipinski definition) is 6. The molecule has 376 valence electrons. The summed E-state index contributed by atoms with van der Waals surface area (Å²) in [5.41, 5.74) is 0. The predicted molar refractivity (Wildman–Crippen MR) is 284 cm³/mol. The van der Waals surface area contributed by atoms with Gasteiger partial charge in [-0.05, 0) is 70.6 Å². The lowest BCUT2D eigenvalue weighted by Gasteiger charge is -2.18. The number of ether oxygens (including phenoxy) is 3. The van der Waals surface area contributed by atoms with Crippen LogP contribution in [0, 0.1) is 0 Å². The van der Waals surface area contributed by atoms with Crippen molar-refractivity contribution >= 4 is 17.9 Å². The SMILES string of the molecule is CC\C=C/C=C\C=C/C=C\C=C\C=C/CCCCCC(=O)OCC(COC(=O)CCCCCCCCCCCCCCCC)OC(=O)CCCCCCCCC/C=C\C/C=C\CCCCC. The molecule has 0 aromatic carbocycles. The van der Waals surface area contributed by atoms with Crippen molar-refractivity contribution in [2.75, 3.05) is 13.2 Å². The van der Waals surface area contributed by atoms with Crippen molar-refractivity contribution in [3.05, 3.63) is 97.2 Å². The lowest BCUT2D eigenvalue weighted by molar-refractivity contribution is -0.167. The third-order valence-electron chi connectivity index (χ3n) is 11.5. The van der Waals surface area contributed by atoms with Crippen LogP contribution in [0.3, 0.4) is 0 Å². The highest BCUT2D eigenvalue weighted by Gasteiger charge is 2.19. The third-order valence-corrected chi connectivity index (χ3v) is 11.5. The second kappa shape index (κ2) is 53.9. The number of unbranched alkanes of at least 4 members (excludes halogenated alkanes) is 26. The van der Waals surface area contributed by atoms with Gasteiger partial charge in [-0.25, -0.2) is 0 Å². The Morgan fingerprint density at radius 1 is 0.333 bits per heavy atom. The van der Waals surface area contributed by atoms with Gasteiger partial charge in [-0.3, -0.25) is 14.4 Å². The molecule has 6 heteroatoms. The summed E-state index contributed by atoms with van der Waals surface area (Å²) in [6.45, 7) is 6.43. The molecule has 6 nitrogen and oxygen atoms in total. The smallest absolute Gasteiger partial charge is 0.306 e. The first-order chi connectivity index (χ1) is 32.5. The van der Waals surface area contributed by atoms with E-state index in [1.165, 1.54) is 122 Å². The van der Waals surface area contributed by atoms with Crippen molar-refractivity contribution in [1.82, 2.24) is 0 Å². The van der Waals surface area contributed by atoms with Crippen LogP contribution in [0.1, 0.15) is 245 Å². The molecule has 0 aliphatic rings. The Bertz CT molecular complexity index is 1330. The topological polar surface area (TPSA) is 78.9 Å². The van der Waals surface area contributed by atoms with Crippen LogP contribution in [0.5, 0.6) is 0 Å². The van der Waals surface area contributed by atoms with Gasteiger partial charge >= 0.3 is 17.9 Å². The Balaban J connectivity index is 4.49. The quantitative estimate of drug-likeness (QED) is 0.0199. The molecule has 0 amide bonds. The van der Waals surface area contributed by atoms with Crippen LogP contribution < -0.4 is 0 Å². The highest BCUT2D eigenvalue weighted by Crippen LogP contribution is 2.15. The summed E-state index contributed by atoms with van der Waals surface area (Å²) in [4.78, 5) is 38.1. The summed E-state index contributed by atoms with van der Waals surface area (Å²) in [5, 5.41) is 0. The van der Waals surface area contributed by atoms with Crippen LogP contribution in [0.15, 0.2) is 97.2 Å². The molecule has 0 radical (unpaired) electrons. The Morgan fingerprint density at radius 2 is 0.652 bits per heavy atom. The molecule has 0 fully saturated rings. The Hall–Kier alpha value is -3.67. The fourth-order valence-corrected chi connectivity index (χ4v) is 7.39. The minimum Gasteiger partial charge on any atom is -0.462 e. The lowest BCUT2D eigenvalue weighted by Crippen LogP contribution is -2.30. The minimum absolute atomic E-state index is 0.0943. The molecule has 1 atom stereocenters. The van der Waals surface area contributed by atoms with E-state index in [1.54, 1.807) is 0 Å². The molecule has 0 spiro atoms. The molecule has 0 saturated heterocycles. The molecule has 0 aliphatic heterocycles. The Labute approximate surface area is 407 Å². The number of allylic oxidation sites excluding steroid dienone is 16. The van der Waals surface area contributed by atoms with E-state index in [2.05, 4.69) is 57.2 Å². The second-order valence-corrected chi connectivity index (χ2v) is 17.9. The van der Waals surface area contributed by atoms with Gasteiger partial charge in [0.25, 0.3) is 0 Å². The molecule has 0 saturated carbocycles. The standard InChI is InChI=1S/C60H100O6/c1-4-7-10-13-16-19-22-25-28-30-32-35-38-41-44-47-50-53-59(62)65-56-57(55-64-58(61)52-49-46-43-40-37-34-27-24-21-18-15-12-9-6-3)66-60(63)54-51-48-45-42-39-36-33-31-29-26-23-20-17-14-11-8-5-2/h7,10,13,16-17,19-20,22,25-26,28-30,32,35,38,57H,4-6,8-9,11-12,14-15,18,21,23-24,27,31,33-34,36-37,39-56H2,1-3H3/b10-7-,16-13-,20-17-,22-19-,28-25-,29-26-,32-30+,38-35-. The molecule has 0 rings (SSSR count). The van der Waals surface area contributed by atoms with E-state index in [0.717, 1.165) is 83.5 Å². The van der Waals surface area contributed by atoms with Crippen LogP contribution in [-0.4, -0.2) is 37.2 Å². The largest absolute Gasteiger partial charge is 0.462 e. The molecular weight excluding hydrogens is 817 g/mol. The number of esters is 3. The fraction of sp³-hybridized carbons (Fsp3) is 0.683. The summed E-state index contributed by atoms with van der Waals surface area (Å²) in [5.74, 6) is -0.945. The first-order valence-electron chi connectivity index (χ1n) is 27.3. The number of carbonyl (C=O) groups is 3. The van der Waals surface area contributed by atoms with Gasteiger partial charge in [-0.2, -0.15) is 0 Å². The van der Waals surface area contributed by atoms with E-state index in [9.17, 15) is 14.4 Å². The third kappa shape index (κ3) is 51.3. The second-order valence-electron chi connectivity index (χ2n) is 17.9. The maximum absolute atomic E-state index is 12.8. The molecule has 0 N–H and O–H groups in total. The number of hydrogen-bond donors (Lipinski definition) is 0. The van der Waals surface area contributed by atoms with Gasteiger partial charge in [0.2, 0.25) is 0 Å². The van der Waals surface area contributed by atoms with E-state index in [-0.39, 0.29) is 31.1 Å². The molecule has 0 aromatic heterocycles. The summed E-state index contributed by atoms with van der Waals surface area (Å²) in [6.07, 6.45) is 71.0. The van der Waals surface area contributed by atoms with Crippen LogP contribution in [0.2, 0.25) is 0 Å². The molecule has 66 heavy (non-hydrogen) atoms. The van der Waals surface area contributed by atoms with Crippen LogP contribution >= 0.6 is 0 Å². The summed E-state index contributed by atoms with van der Waals surface area (Å²) in [6, 6.07) is 0. The van der Waals surface area contributed by atoms with E-state index in [0.29, 0.717) is 19.3 Å². The van der Waals surface area contributed by atoms with Gasteiger partial charge in [-0.1, -0.05) is 253 Å². The zero-order valence-corrected chi connectivity index (χ0v) is 42.9. The normalized spacial score (nSPS) is 12.8. The first kappa shape index (κ1) is 62.3. The van der Waals surface area contributed by atoms with E-state index < -0.39 is 6.10 Å². The van der Waals surface area contributed by atoms with Gasteiger partial charge < -0.3 is 14.2 Å². The average molecular weight is 917 g/mol. The summed E-state index contributed by atoms with van der Waals surface area (Å²) < 4.78 is 16.8. The van der Waals surface area contributed by atoms with Gasteiger partial charge in [0.15, 0.2) is 6.10 Å². The van der Waals surface area contributed by atoms with Gasteiger partial charge in [0.1, 0.15) is 13.2 Å². The number of rotatable bonds is 48. The van der Waals surface area contributed by atoms with Crippen molar-refractivity contribution in [2.24, 2.45) is 0 Å². The summed E-state index contributed by atoms with van der Waals surface area (Å²) >= 11 is 0. The molecular formula is C60H100O6. The first-order valence-corrected chi connectivity index (χ1v) is 27.3. The number of carbonyl (C=O) groups excluding carboxylic acids is 3. The molecule has 0 bridgehead atoms. The van der Waals surface area contributed by atoms with Crippen molar-refractivity contribution in [2.45, 2.75) is 252 Å². The van der Waals surface area contributed by atoms with Crippen molar-refractivity contribution in [3.8, 4) is 0 Å². The molecule has 1 unspecified atom stereocenters. The summed E-state index contributed by atoms with van der Waals surface area (Å²) in [7, 11) is 0. The van der Waals surface area contributed by atoms with Crippen LogP contribution in [0.4, 0.5) is 0 Å². The van der Waals surface area contributed by atoms with Crippen LogP contribution in [-0.2, 0) is 28.6 Å². The zero-order valence-electron chi connectivity index (χ0n) is 42.9. The van der Waals surface area contributed by atoms with Crippen molar-refractivity contribution in [3.63, 3.8) is 0 Å². The van der Waals surface area contributed by atoms with Crippen molar-refractivity contribution in [1.29, 1.82) is 0 Å². The lowest BCUT2D eigenvalue weighted by atomic mass is 10.0. The molecule has 0 aromatic rings. The molecule has 0 heterocycles. The monoisotopic (exact) mass is 917 g/mol. The zero-order chi connectivity index (χ0) is 47.9. The van der Waals surface area contributed by atoms with Crippen molar-refractivity contribution < 1.29 is 28.6 Å². The van der Waals surface area contributed by atoms with Crippen LogP contribution in [0.25, 0.3) is 0 Å². The maximum atomic E-state index is 12.8. The van der Waals surface area contributed by atoms with E-state index in [1.807, 2.05) is 60.8 Å². The minimum atomic E-state index is -0.800. The highest BCUT2D eigenvalue weighted by atomic mass is 16.6. The fourth-order valence-electron chi connectivity index (χ4n) is 7.39.